The molecule has 0 fully saturated rings. The zero-order valence-electron chi connectivity index (χ0n) is 13.8. The van der Waals surface area contributed by atoms with Gasteiger partial charge in [0.15, 0.2) is 0 Å². The minimum Gasteiger partial charge on any atom is -0.468 e. The molecule has 1 unspecified atom stereocenters. The monoisotopic (exact) mass is 326 g/mol. The third-order valence-electron chi connectivity index (χ3n) is 3.87. The number of carbonyl (C=O) groups excluding carboxylic acids is 1. The van der Waals surface area contributed by atoms with Gasteiger partial charge in [-0.05, 0) is 37.0 Å². The molecule has 2 rings (SSSR count). The smallest absolute Gasteiger partial charge is 0.327 e. The first-order chi connectivity index (χ1) is 11.0. The lowest BCUT2D eigenvalue weighted by atomic mass is 9.94. The zero-order valence-corrected chi connectivity index (χ0v) is 14.7. The average molecular weight is 326 g/mol. The minimum absolute atomic E-state index is 0.253. The average Bonchev–Trinajstić information content (AvgIpc) is 2.57. The number of hydrogen-bond acceptors (Lipinski definition) is 3. The van der Waals surface area contributed by atoms with Crippen LogP contribution in [0.15, 0.2) is 66.1 Å². The van der Waals surface area contributed by atoms with Crippen molar-refractivity contribution in [1.82, 2.24) is 0 Å². The summed E-state index contributed by atoms with van der Waals surface area (Å²) in [6.45, 7) is 7.98. The maximum Gasteiger partial charge on any atom is 0.327 e. The van der Waals surface area contributed by atoms with Crippen molar-refractivity contribution in [3.63, 3.8) is 0 Å². The van der Waals surface area contributed by atoms with Gasteiger partial charge in [-0.3, -0.25) is 4.79 Å². The highest BCUT2D eigenvalue weighted by atomic mass is 32.2. The highest BCUT2D eigenvalue weighted by Crippen LogP contribution is 2.47. The molecule has 0 saturated carbocycles. The van der Waals surface area contributed by atoms with Gasteiger partial charge in [-0.25, -0.2) is 0 Å². The van der Waals surface area contributed by atoms with Crippen molar-refractivity contribution in [2.75, 3.05) is 7.11 Å². The molecule has 0 heterocycles. The Morgan fingerprint density at radius 3 is 2.26 bits per heavy atom. The van der Waals surface area contributed by atoms with Crippen LogP contribution < -0.4 is 0 Å². The molecular weight excluding hydrogens is 304 g/mol. The number of rotatable bonds is 6. The van der Waals surface area contributed by atoms with Crippen molar-refractivity contribution in [3.05, 3.63) is 77.9 Å². The fraction of sp³-hybridized carbons (Fsp3) is 0.250. The standard InChI is InChI=1S/C20H22O2S/c1-5-14-20(19(21)22-4,17-12-7-6-8-13-17)23-18-15(2)10-9-11-16(18)3/h5-13H,1,14H2,2-4H3. The van der Waals surface area contributed by atoms with Gasteiger partial charge in [-0.15, -0.1) is 18.3 Å². The van der Waals surface area contributed by atoms with Crippen molar-refractivity contribution in [1.29, 1.82) is 0 Å². The molecule has 0 saturated heterocycles. The first-order valence-corrected chi connectivity index (χ1v) is 8.37. The summed E-state index contributed by atoms with van der Waals surface area (Å²) in [4.78, 5) is 13.9. The topological polar surface area (TPSA) is 26.3 Å². The summed E-state index contributed by atoms with van der Waals surface area (Å²) in [6, 6.07) is 15.9. The van der Waals surface area contributed by atoms with Crippen molar-refractivity contribution >= 4 is 17.7 Å². The predicted octanol–water partition coefficient (Wildman–Crippen LogP) is 5.04. The number of thioether (sulfide) groups is 1. The minimum atomic E-state index is -0.825. The Bertz CT molecular complexity index is 674. The lowest BCUT2D eigenvalue weighted by molar-refractivity contribution is -0.143. The second kappa shape index (κ2) is 7.51. The van der Waals surface area contributed by atoms with E-state index in [0.29, 0.717) is 6.42 Å². The van der Waals surface area contributed by atoms with Crippen LogP contribution in [0.4, 0.5) is 0 Å². The lowest BCUT2D eigenvalue weighted by Gasteiger charge is -2.31. The van der Waals surface area contributed by atoms with Crippen molar-refractivity contribution in [2.45, 2.75) is 29.9 Å². The second-order valence-corrected chi connectivity index (χ2v) is 6.81. The van der Waals surface area contributed by atoms with Crippen LogP contribution in [-0.4, -0.2) is 13.1 Å². The number of hydrogen-bond donors (Lipinski definition) is 0. The van der Waals surface area contributed by atoms with Crippen LogP contribution in [0.3, 0.4) is 0 Å². The molecular formula is C20H22O2S. The van der Waals surface area contributed by atoms with E-state index in [1.54, 1.807) is 17.8 Å². The Morgan fingerprint density at radius 2 is 1.74 bits per heavy atom. The van der Waals surface area contributed by atoms with E-state index in [1.807, 2.05) is 36.4 Å². The zero-order chi connectivity index (χ0) is 16.9. The molecule has 2 aromatic rings. The summed E-state index contributed by atoms with van der Waals surface area (Å²) in [5, 5.41) is 0. The SMILES string of the molecule is C=CCC(Sc1c(C)cccc1C)(C(=O)OC)c1ccccc1. The van der Waals surface area contributed by atoms with Crippen molar-refractivity contribution in [3.8, 4) is 0 Å². The molecule has 1 atom stereocenters. The third kappa shape index (κ3) is 3.50. The Balaban J connectivity index is 2.61. The van der Waals surface area contributed by atoms with Gasteiger partial charge >= 0.3 is 5.97 Å². The summed E-state index contributed by atoms with van der Waals surface area (Å²) in [7, 11) is 1.44. The maximum atomic E-state index is 12.8. The highest BCUT2D eigenvalue weighted by molar-refractivity contribution is 8.01. The van der Waals surface area contributed by atoms with Crippen LogP contribution in [0.25, 0.3) is 0 Å². The van der Waals surface area contributed by atoms with Gasteiger partial charge in [0, 0.05) is 4.90 Å². The van der Waals surface area contributed by atoms with Crippen LogP contribution in [0.5, 0.6) is 0 Å². The van der Waals surface area contributed by atoms with Gasteiger partial charge in [0.25, 0.3) is 0 Å². The normalized spacial score (nSPS) is 13.2. The quantitative estimate of drug-likeness (QED) is 0.422. The molecule has 0 aromatic heterocycles. The molecule has 23 heavy (non-hydrogen) atoms. The molecule has 0 radical (unpaired) electrons. The first kappa shape index (κ1) is 17.4. The summed E-state index contributed by atoms with van der Waals surface area (Å²) in [5.74, 6) is -0.253. The van der Waals surface area contributed by atoms with Gasteiger partial charge in [0.1, 0.15) is 4.75 Å². The predicted molar refractivity (Wildman–Crippen MR) is 96.7 cm³/mol. The van der Waals surface area contributed by atoms with Gasteiger partial charge in [0.2, 0.25) is 0 Å². The summed E-state index contributed by atoms with van der Waals surface area (Å²) < 4.78 is 4.34. The molecule has 0 spiro atoms. The number of methoxy groups -OCH3 is 1. The van der Waals surface area contributed by atoms with E-state index in [9.17, 15) is 4.79 Å². The summed E-state index contributed by atoms with van der Waals surface area (Å²) in [5.41, 5.74) is 3.24. The van der Waals surface area contributed by atoms with E-state index in [1.165, 1.54) is 7.11 Å². The molecule has 0 aliphatic carbocycles. The van der Waals surface area contributed by atoms with Crippen LogP contribution in [0, 0.1) is 13.8 Å². The van der Waals surface area contributed by atoms with Crippen LogP contribution in [-0.2, 0) is 14.3 Å². The molecule has 2 aromatic carbocycles. The van der Waals surface area contributed by atoms with Crippen molar-refractivity contribution < 1.29 is 9.53 Å². The second-order valence-electron chi connectivity index (χ2n) is 5.50. The number of allylic oxidation sites excluding steroid dienone is 1. The largest absolute Gasteiger partial charge is 0.468 e. The summed E-state index contributed by atoms with van der Waals surface area (Å²) in [6.07, 6.45) is 2.28. The van der Waals surface area contributed by atoms with E-state index in [2.05, 4.69) is 32.6 Å². The fourth-order valence-corrected chi connectivity index (χ4v) is 4.10. The molecule has 3 heteroatoms. The Hall–Kier alpha value is -2.00. The first-order valence-electron chi connectivity index (χ1n) is 7.55. The van der Waals surface area contributed by atoms with E-state index in [0.717, 1.165) is 21.6 Å². The highest BCUT2D eigenvalue weighted by Gasteiger charge is 2.42. The van der Waals surface area contributed by atoms with Gasteiger partial charge in [-0.1, -0.05) is 54.6 Å². The van der Waals surface area contributed by atoms with E-state index >= 15 is 0 Å². The summed E-state index contributed by atoms with van der Waals surface area (Å²) >= 11 is 1.55. The Morgan fingerprint density at radius 1 is 1.13 bits per heavy atom. The fourth-order valence-electron chi connectivity index (χ4n) is 2.67. The molecule has 0 amide bonds. The van der Waals surface area contributed by atoms with Crippen LogP contribution in [0.2, 0.25) is 0 Å². The lowest BCUT2D eigenvalue weighted by Crippen LogP contribution is -2.33. The third-order valence-corrected chi connectivity index (χ3v) is 5.64. The van der Waals surface area contributed by atoms with E-state index < -0.39 is 4.75 Å². The van der Waals surface area contributed by atoms with Crippen molar-refractivity contribution in [2.24, 2.45) is 0 Å². The van der Waals surface area contributed by atoms with E-state index in [-0.39, 0.29) is 5.97 Å². The molecule has 120 valence electrons. The Kier molecular flexibility index (Phi) is 5.67. The van der Waals surface area contributed by atoms with Crippen LogP contribution >= 0.6 is 11.8 Å². The maximum absolute atomic E-state index is 12.8. The van der Waals surface area contributed by atoms with Gasteiger partial charge < -0.3 is 4.74 Å². The van der Waals surface area contributed by atoms with E-state index in [4.69, 9.17) is 4.74 Å². The molecule has 0 aliphatic heterocycles. The van der Waals surface area contributed by atoms with Gasteiger partial charge in [0.05, 0.1) is 7.11 Å². The Labute approximate surface area is 142 Å². The molecule has 2 nitrogen and oxygen atoms in total. The number of benzene rings is 2. The number of ether oxygens (including phenoxy) is 1. The van der Waals surface area contributed by atoms with Crippen LogP contribution in [0.1, 0.15) is 23.1 Å². The molecule has 0 aliphatic rings. The number of aryl methyl sites for hydroxylation is 2. The number of esters is 1. The number of carbonyl (C=O) groups is 1. The molecule has 0 bridgehead atoms. The van der Waals surface area contributed by atoms with Gasteiger partial charge in [-0.2, -0.15) is 0 Å². The molecule has 0 N–H and O–H groups in total.